The third kappa shape index (κ3) is 4.51. The van der Waals surface area contributed by atoms with Crippen molar-refractivity contribution in [2.75, 3.05) is 19.7 Å². The summed E-state index contributed by atoms with van der Waals surface area (Å²) in [5.74, 6) is 0. The Bertz CT molecular complexity index is 428. The quantitative estimate of drug-likeness (QED) is 0.694. The van der Waals surface area contributed by atoms with Gasteiger partial charge in [0.05, 0.1) is 25.4 Å². The van der Waals surface area contributed by atoms with Gasteiger partial charge in [-0.1, -0.05) is 43.7 Å². The molecule has 0 saturated carbocycles. The molecule has 124 valence electrons. The number of rotatable bonds is 7. The van der Waals surface area contributed by atoms with Gasteiger partial charge in [0.1, 0.15) is 12.2 Å². The van der Waals surface area contributed by atoms with Crippen LogP contribution in [0.2, 0.25) is 0 Å². The summed E-state index contributed by atoms with van der Waals surface area (Å²) in [5.41, 5.74) is 1.08. The summed E-state index contributed by atoms with van der Waals surface area (Å²) in [4.78, 5) is 2.02. The molecule has 4 atom stereocenters. The Morgan fingerprint density at radius 2 is 1.86 bits per heavy atom. The number of aliphatic hydroxyl groups excluding tert-OH is 3. The Labute approximate surface area is 132 Å². The monoisotopic (exact) mass is 309 g/mol. The van der Waals surface area contributed by atoms with Crippen molar-refractivity contribution in [1.29, 1.82) is 0 Å². The number of nitrogens with zero attached hydrogens (tertiary/aromatic N) is 1. The molecule has 5 heteroatoms. The highest BCUT2D eigenvalue weighted by Gasteiger charge is 2.40. The number of β-amino-alcohol motifs (C(OH)–C–C–N with tert-alkyl or cyclic N) is 1. The molecule has 1 aromatic carbocycles. The molecule has 1 aliphatic rings. The number of likely N-dealkylation sites (tertiary alicyclic amines) is 1. The predicted molar refractivity (Wildman–Crippen MR) is 84.4 cm³/mol. The van der Waals surface area contributed by atoms with E-state index in [4.69, 9.17) is 4.74 Å². The van der Waals surface area contributed by atoms with Gasteiger partial charge in [0.15, 0.2) is 0 Å². The third-order valence-electron chi connectivity index (χ3n) is 4.23. The van der Waals surface area contributed by atoms with Gasteiger partial charge >= 0.3 is 0 Å². The molecule has 22 heavy (non-hydrogen) atoms. The van der Waals surface area contributed by atoms with Gasteiger partial charge in [0.25, 0.3) is 0 Å². The van der Waals surface area contributed by atoms with Crippen molar-refractivity contribution in [3.8, 4) is 0 Å². The zero-order chi connectivity index (χ0) is 15.9. The Morgan fingerprint density at radius 1 is 1.14 bits per heavy atom. The van der Waals surface area contributed by atoms with E-state index in [1.165, 1.54) is 0 Å². The van der Waals surface area contributed by atoms with Crippen LogP contribution in [0.3, 0.4) is 0 Å². The number of hydrogen-bond donors (Lipinski definition) is 3. The van der Waals surface area contributed by atoms with Crippen LogP contribution in [0.25, 0.3) is 0 Å². The number of unbranched alkanes of at least 4 members (excludes halogenated alkanes) is 1. The summed E-state index contributed by atoms with van der Waals surface area (Å²) >= 11 is 0. The maximum absolute atomic E-state index is 10.2. The van der Waals surface area contributed by atoms with Crippen LogP contribution in [0.5, 0.6) is 0 Å². The zero-order valence-corrected chi connectivity index (χ0v) is 13.1. The van der Waals surface area contributed by atoms with E-state index in [9.17, 15) is 15.3 Å². The van der Waals surface area contributed by atoms with Crippen LogP contribution in [0.1, 0.15) is 25.3 Å². The minimum Gasteiger partial charge on any atom is -0.389 e. The van der Waals surface area contributed by atoms with Crippen molar-refractivity contribution >= 4 is 0 Å². The molecule has 5 nitrogen and oxygen atoms in total. The Morgan fingerprint density at radius 3 is 2.55 bits per heavy atom. The first kappa shape index (κ1) is 17.4. The van der Waals surface area contributed by atoms with E-state index in [-0.39, 0.29) is 6.04 Å². The van der Waals surface area contributed by atoms with Crippen LogP contribution in [0, 0.1) is 0 Å². The summed E-state index contributed by atoms with van der Waals surface area (Å²) in [6, 6.07) is 9.58. The predicted octanol–water partition coefficient (Wildman–Crippen LogP) is 0.770. The van der Waals surface area contributed by atoms with Gasteiger partial charge in [-0.25, -0.2) is 0 Å². The molecule has 0 aliphatic carbocycles. The standard InChI is InChI=1S/C17H27NO4/c1-2-3-9-18-10-15(19)17(21)16(20)14(18)12-22-11-13-7-5-4-6-8-13/h4-8,14-17,19-21H,2-3,9-12H2,1H3/t14?,15?,16-,17+/m1/s1. The van der Waals surface area contributed by atoms with Crippen molar-refractivity contribution in [3.05, 3.63) is 35.9 Å². The fourth-order valence-corrected chi connectivity index (χ4v) is 2.85. The Hall–Kier alpha value is -0.980. The van der Waals surface area contributed by atoms with E-state index in [1.807, 2.05) is 35.2 Å². The molecule has 0 aromatic heterocycles. The number of piperidine rings is 1. The van der Waals surface area contributed by atoms with E-state index < -0.39 is 18.3 Å². The summed E-state index contributed by atoms with van der Waals surface area (Å²) in [6.45, 7) is 4.08. The highest BCUT2D eigenvalue weighted by molar-refractivity contribution is 5.13. The lowest BCUT2D eigenvalue weighted by Gasteiger charge is -2.43. The second-order valence-electron chi connectivity index (χ2n) is 5.97. The first-order valence-corrected chi connectivity index (χ1v) is 8.03. The van der Waals surface area contributed by atoms with Gasteiger partial charge in [-0.05, 0) is 18.5 Å². The Balaban J connectivity index is 1.91. The molecule has 1 fully saturated rings. The summed E-state index contributed by atoms with van der Waals surface area (Å²) in [5, 5.41) is 30.0. The van der Waals surface area contributed by atoms with Crippen molar-refractivity contribution < 1.29 is 20.1 Å². The third-order valence-corrected chi connectivity index (χ3v) is 4.23. The van der Waals surface area contributed by atoms with E-state index in [0.29, 0.717) is 19.8 Å². The van der Waals surface area contributed by atoms with Crippen molar-refractivity contribution in [2.24, 2.45) is 0 Å². The molecule has 1 aliphatic heterocycles. The van der Waals surface area contributed by atoms with E-state index in [0.717, 1.165) is 24.9 Å². The number of ether oxygens (including phenoxy) is 1. The fraction of sp³-hybridized carbons (Fsp3) is 0.647. The van der Waals surface area contributed by atoms with Gasteiger partial charge in [-0.3, -0.25) is 4.90 Å². The molecule has 2 rings (SSSR count). The lowest BCUT2D eigenvalue weighted by atomic mass is 9.94. The van der Waals surface area contributed by atoms with Gasteiger partial charge in [-0.15, -0.1) is 0 Å². The maximum Gasteiger partial charge on any atom is 0.109 e. The minimum absolute atomic E-state index is 0.284. The van der Waals surface area contributed by atoms with Crippen LogP contribution in [-0.2, 0) is 11.3 Å². The molecule has 1 saturated heterocycles. The first-order chi connectivity index (χ1) is 10.6. The summed E-state index contributed by atoms with van der Waals surface area (Å²) in [6.07, 6.45) is -0.968. The molecule has 0 radical (unpaired) electrons. The summed E-state index contributed by atoms with van der Waals surface area (Å²) in [7, 11) is 0. The maximum atomic E-state index is 10.2. The number of aliphatic hydroxyl groups is 3. The first-order valence-electron chi connectivity index (χ1n) is 8.03. The highest BCUT2D eigenvalue weighted by Crippen LogP contribution is 2.20. The van der Waals surface area contributed by atoms with Gasteiger partial charge in [-0.2, -0.15) is 0 Å². The SMILES string of the molecule is CCCCN1CC(O)[C@H](O)[C@H](O)C1COCc1ccccc1. The highest BCUT2D eigenvalue weighted by atomic mass is 16.5. The van der Waals surface area contributed by atoms with Crippen molar-refractivity contribution in [1.82, 2.24) is 4.90 Å². The van der Waals surface area contributed by atoms with Crippen LogP contribution >= 0.6 is 0 Å². The van der Waals surface area contributed by atoms with Crippen LogP contribution in [0.4, 0.5) is 0 Å². The second kappa shape index (κ2) is 8.60. The van der Waals surface area contributed by atoms with Crippen molar-refractivity contribution in [3.63, 3.8) is 0 Å². The van der Waals surface area contributed by atoms with Gasteiger partial charge < -0.3 is 20.1 Å². The normalized spacial score (nSPS) is 29.6. The Kier molecular flexibility index (Phi) is 6.79. The molecule has 2 unspecified atom stereocenters. The van der Waals surface area contributed by atoms with Crippen LogP contribution in [0.15, 0.2) is 30.3 Å². The largest absolute Gasteiger partial charge is 0.389 e. The molecule has 0 amide bonds. The van der Waals surface area contributed by atoms with Crippen molar-refractivity contribution in [2.45, 2.75) is 50.7 Å². The molecule has 1 heterocycles. The van der Waals surface area contributed by atoms with E-state index in [1.54, 1.807) is 0 Å². The lowest BCUT2D eigenvalue weighted by molar-refractivity contribution is -0.150. The molecule has 0 spiro atoms. The van der Waals surface area contributed by atoms with Crippen LogP contribution < -0.4 is 0 Å². The van der Waals surface area contributed by atoms with Gasteiger partial charge in [0, 0.05) is 6.54 Å². The van der Waals surface area contributed by atoms with E-state index >= 15 is 0 Å². The zero-order valence-electron chi connectivity index (χ0n) is 13.1. The molecule has 3 N–H and O–H groups in total. The number of benzene rings is 1. The van der Waals surface area contributed by atoms with E-state index in [2.05, 4.69) is 6.92 Å². The average molecular weight is 309 g/mol. The minimum atomic E-state index is -1.11. The lowest BCUT2D eigenvalue weighted by Crippen LogP contribution is -2.62. The van der Waals surface area contributed by atoms with Gasteiger partial charge in [0.2, 0.25) is 0 Å². The molecular formula is C17H27NO4. The summed E-state index contributed by atoms with van der Waals surface area (Å²) < 4.78 is 5.73. The molecule has 0 bridgehead atoms. The smallest absolute Gasteiger partial charge is 0.109 e. The topological polar surface area (TPSA) is 73.2 Å². The van der Waals surface area contributed by atoms with Crippen LogP contribution in [-0.4, -0.2) is 64.3 Å². The fourth-order valence-electron chi connectivity index (χ4n) is 2.85. The molecule has 1 aromatic rings. The average Bonchev–Trinajstić information content (AvgIpc) is 2.54. The molecular weight excluding hydrogens is 282 g/mol. The second-order valence-corrected chi connectivity index (χ2v) is 5.97. The number of hydrogen-bond acceptors (Lipinski definition) is 5.